The minimum atomic E-state index is -4.29. The van der Waals surface area contributed by atoms with E-state index in [9.17, 15) is 19.6 Å². The van der Waals surface area contributed by atoms with Gasteiger partial charge < -0.3 is 19.5 Å². The van der Waals surface area contributed by atoms with Gasteiger partial charge in [0.15, 0.2) is 11.0 Å². The Morgan fingerprint density at radius 3 is 2.65 bits per heavy atom. The second-order valence-corrected chi connectivity index (χ2v) is 8.91. The fraction of sp³-hybridized carbons (Fsp3) is 0.556. The van der Waals surface area contributed by atoms with Crippen molar-refractivity contribution in [3.63, 3.8) is 0 Å². The largest absolute Gasteiger partial charge is 0.529 e. The number of aliphatic hydroxyl groups is 2. The van der Waals surface area contributed by atoms with Crippen molar-refractivity contribution in [1.82, 2.24) is 9.55 Å². The van der Waals surface area contributed by atoms with Crippen LogP contribution in [0.25, 0.3) is 0 Å². The lowest BCUT2D eigenvalue weighted by atomic mass is 10.1. The van der Waals surface area contributed by atoms with Crippen molar-refractivity contribution >= 4 is 20.0 Å². The van der Waals surface area contributed by atoms with Crippen molar-refractivity contribution in [3.05, 3.63) is 50.4 Å². The first-order valence-electron chi connectivity index (χ1n) is 9.25. The van der Waals surface area contributed by atoms with Crippen molar-refractivity contribution < 1.29 is 37.5 Å². The number of rotatable bonds is 8. The monoisotopic (exact) mass is 480 g/mol. The molecule has 3 N–H and O–H groups in total. The molecule has 1 saturated heterocycles. The number of phosphoric ester groups is 1. The predicted octanol–water partition coefficient (Wildman–Crippen LogP) is 2.79. The average molecular weight is 480 g/mol. The second kappa shape index (κ2) is 9.86. The number of nitrogens with zero attached hydrogens (tertiary/aromatic N) is 1. The minimum absolute atomic E-state index is 0.150. The molecule has 1 unspecified atom stereocenters. The molecular weight excluding hydrogens is 454 g/mol. The number of hydrogen-bond acceptors (Lipinski definition) is 9. The summed E-state index contributed by atoms with van der Waals surface area (Å²) in [6, 6.07) is 0. The summed E-state index contributed by atoms with van der Waals surface area (Å²) in [5.74, 6) is -2.78. The summed E-state index contributed by atoms with van der Waals surface area (Å²) in [5, 5.41) is 20.6. The number of phosphoric acid groups is 1. The van der Waals surface area contributed by atoms with Crippen molar-refractivity contribution in [2.24, 2.45) is 0 Å². The molecule has 1 aromatic rings. The molecule has 0 amide bonds. The molecule has 1 aromatic heterocycles. The van der Waals surface area contributed by atoms with Crippen molar-refractivity contribution in [3.8, 4) is 0 Å². The van der Waals surface area contributed by atoms with Gasteiger partial charge in [0.1, 0.15) is 24.6 Å². The first-order chi connectivity index (χ1) is 14.4. The highest BCUT2D eigenvalue weighted by Gasteiger charge is 2.57. The molecule has 174 valence electrons. The summed E-state index contributed by atoms with van der Waals surface area (Å²) in [5.41, 5.74) is 0.398. The molecule has 0 bridgehead atoms. The second-order valence-electron chi connectivity index (χ2n) is 6.83. The van der Waals surface area contributed by atoms with Gasteiger partial charge in [-0.3, -0.25) is 23.4 Å². The van der Waals surface area contributed by atoms with Crippen molar-refractivity contribution in [2.75, 3.05) is 13.7 Å². The topological polar surface area (TPSA) is 132 Å². The van der Waals surface area contributed by atoms with Gasteiger partial charge in [-0.05, 0) is 51.6 Å². The molecule has 5 atom stereocenters. The Labute approximate surface area is 183 Å². The summed E-state index contributed by atoms with van der Waals surface area (Å²) >= 11 is 5.03. The number of allylic oxidation sites excluding steroid dienone is 3. The van der Waals surface area contributed by atoms with Crippen LogP contribution in [0.1, 0.15) is 32.6 Å². The van der Waals surface area contributed by atoms with Gasteiger partial charge in [-0.2, -0.15) is 0 Å². The third-order valence-electron chi connectivity index (χ3n) is 4.73. The predicted molar refractivity (Wildman–Crippen MR) is 111 cm³/mol. The summed E-state index contributed by atoms with van der Waals surface area (Å²) in [4.78, 5) is 14.0. The van der Waals surface area contributed by atoms with Crippen LogP contribution >= 0.6 is 20.0 Å². The summed E-state index contributed by atoms with van der Waals surface area (Å²) in [6.07, 6.45) is -0.857. The third-order valence-corrected chi connectivity index (χ3v) is 6.36. The lowest BCUT2D eigenvalue weighted by Crippen LogP contribution is -2.42. The zero-order valence-corrected chi connectivity index (χ0v) is 19.4. The lowest BCUT2D eigenvalue weighted by Gasteiger charge is -2.25. The molecule has 0 aromatic carbocycles. The lowest BCUT2D eigenvalue weighted by molar-refractivity contribution is -0.205. The van der Waals surface area contributed by atoms with Gasteiger partial charge in [-0.1, -0.05) is 6.08 Å². The van der Waals surface area contributed by atoms with Gasteiger partial charge in [0.05, 0.1) is 0 Å². The number of ether oxygens (including phenoxy) is 1. The Balaban J connectivity index is 2.25. The SMILES string of the molecule is C/C=C(C)\C(=C\C)OP(=O)(OC)OC[C@@]1(F)O[C@@H](n2cc(C)c(=O)[nH]c2=S)[C@H](O)[C@@H]1O. The smallest absolute Gasteiger partial charge is 0.404 e. The molecule has 31 heavy (non-hydrogen) atoms. The van der Waals surface area contributed by atoms with E-state index in [1.165, 1.54) is 19.2 Å². The number of alkyl halides is 1. The van der Waals surface area contributed by atoms with E-state index in [2.05, 4.69) is 4.98 Å². The van der Waals surface area contributed by atoms with Gasteiger partial charge >= 0.3 is 7.82 Å². The van der Waals surface area contributed by atoms with Gasteiger partial charge in [-0.15, -0.1) is 0 Å². The number of aliphatic hydroxyl groups excluding tert-OH is 2. The quantitative estimate of drug-likeness (QED) is 0.222. The van der Waals surface area contributed by atoms with E-state index >= 15 is 4.39 Å². The molecule has 10 nitrogen and oxygen atoms in total. The molecule has 2 rings (SSSR count). The molecule has 0 aliphatic carbocycles. The van der Waals surface area contributed by atoms with Crippen LogP contribution in [0.3, 0.4) is 0 Å². The van der Waals surface area contributed by atoms with Crippen LogP contribution in [0.5, 0.6) is 0 Å². The number of aryl methyl sites for hydroxylation is 1. The summed E-state index contributed by atoms with van der Waals surface area (Å²) in [6.45, 7) is 5.47. The number of H-pyrrole nitrogens is 1. The van der Waals surface area contributed by atoms with Crippen LogP contribution in [-0.4, -0.2) is 51.5 Å². The molecular formula is C18H26FN2O8PS. The van der Waals surface area contributed by atoms with Gasteiger partial charge in [0.2, 0.25) is 0 Å². The van der Waals surface area contributed by atoms with E-state index < -0.39 is 44.3 Å². The maximum atomic E-state index is 15.4. The first kappa shape index (κ1) is 25.6. The van der Waals surface area contributed by atoms with E-state index in [4.69, 9.17) is 30.5 Å². The Morgan fingerprint density at radius 2 is 2.10 bits per heavy atom. The Bertz CT molecular complexity index is 1040. The molecule has 1 fully saturated rings. The van der Waals surface area contributed by atoms with E-state index in [0.717, 1.165) is 11.7 Å². The molecule has 1 aliphatic heterocycles. The number of nitrogens with one attached hydrogen (secondary N) is 1. The standard InChI is InChI=1S/C18H26FN2O8PS/c1-6-10(3)12(7-2)29-30(25,26-5)27-9-18(19)14(23)13(22)16(28-18)21-8-11(4)15(24)20-17(21)31/h6-8,13-14,16,22-23H,9H2,1-5H3,(H,20,24,31)/b10-6-,12-7-/t13-,14+,16-,18-,30?/m1/s1. The van der Waals surface area contributed by atoms with E-state index in [1.807, 2.05) is 0 Å². The van der Waals surface area contributed by atoms with E-state index in [-0.39, 0.29) is 16.1 Å². The summed E-state index contributed by atoms with van der Waals surface area (Å²) in [7, 11) is -3.24. The fourth-order valence-corrected chi connectivity index (χ4v) is 4.07. The van der Waals surface area contributed by atoms with Gasteiger partial charge in [-0.25, -0.2) is 8.96 Å². The Morgan fingerprint density at radius 1 is 1.45 bits per heavy atom. The number of hydrogen-bond donors (Lipinski definition) is 3. The fourth-order valence-electron chi connectivity index (χ4n) is 2.77. The maximum Gasteiger partial charge on any atom is 0.529 e. The Hall–Kier alpha value is -1.66. The molecule has 0 saturated carbocycles. The van der Waals surface area contributed by atoms with Gasteiger partial charge in [0, 0.05) is 18.9 Å². The van der Waals surface area contributed by atoms with Crippen LogP contribution in [0.4, 0.5) is 4.39 Å². The number of halogens is 1. The highest BCUT2D eigenvalue weighted by atomic mass is 32.1. The van der Waals surface area contributed by atoms with E-state index in [1.54, 1.807) is 26.8 Å². The highest BCUT2D eigenvalue weighted by molar-refractivity contribution is 7.71. The normalized spacial score (nSPS) is 29.1. The number of aromatic nitrogens is 2. The minimum Gasteiger partial charge on any atom is -0.404 e. The zero-order valence-electron chi connectivity index (χ0n) is 17.7. The first-order valence-corrected chi connectivity index (χ1v) is 11.1. The molecule has 2 heterocycles. The zero-order chi connectivity index (χ0) is 23.6. The van der Waals surface area contributed by atoms with Crippen LogP contribution in [0.15, 0.2) is 34.5 Å². The van der Waals surface area contributed by atoms with Crippen molar-refractivity contribution in [2.45, 2.75) is 52.0 Å². The maximum absolute atomic E-state index is 15.4. The summed E-state index contributed by atoms with van der Waals surface area (Å²) < 4.78 is 49.5. The molecule has 0 radical (unpaired) electrons. The molecule has 0 spiro atoms. The molecule has 13 heteroatoms. The average Bonchev–Trinajstić information content (AvgIpc) is 2.97. The van der Waals surface area contributed by atoms with Crippen LogP contribution < -0.4 is 5.56 Å². The van der Waals surface area contributed by atoms with Crippen LogP contribution in [-0.2, 0) is 22.9 Å². The highest BCUT2D eigenvalue weighted by Crippen LogP contribution is 2.53. The van der Waals surface area contributed by atoms with Crippen molar-refractivity contribution in [1.29, 1.82) is 0 Å². The van der Waals surface area contributed by atoms with Crippen LogP contribution in [0.2, 0.25) is 0 Å². The number of aromatic amines is 1. The van der Waals surface area contributed by atoms with Crippen LogP contribution in [0, 0.1) is 11.7 Å². The van der Waals surface area contributed by atoms with E-state index in [0.29, 0.717) is 5.57 Å². The Kier molecular flexibility index (Phi) is 8.15. The van der Waals surface area contributed by atoms with Gasteiger partial charge in [0.25, 0.3) is 11.4 Å². The third kappa shape index (κ3) is 5.40. The molecule has 1 aliphatic rings.